The fourth-order valence-corrected chi connectivity index (χ4v) is 8.58. The summed E-state index contributed by atoms with van der Waals surface area (Å²) in [4.78, 5) is 5.31. The number of hydrogen-bond donors (Lipinski definition) is 0. The van der Waals surface area contributed by atoms with Crippen molar-refractivity contribution in [2.75, 3.05) is 0 Å². The summed E-state index contributed by atoms with van der Waals surface area (Å²) in [5, 5.41) is 3.08. The van der Waals surface area contributed by atoms with Crippen LogP contribution in [0.15, 0.2) is 126 Å². The molecule has 0 spiro atoms. The summed E-state index contributed by atoms with van der Waals surface area (Å²) in [6, 6.07) is 41.5. The van der Waals surface area contributed by atoms with Gasteiger partial charge in [0, 0.05) is 16.3 Å². The van der Waals surface area contributed by atoms with Crippen molar-refractivity contribution < 1.29 is 8.81 Å². The van der Waals surface area contributed by atoms with Crippen molar-refractivity contribution in [1.82, 2.24) is 9.55 Å². The summed E-state index contributed by atoms with van der Waals surface area (Å²) in [6.07, 6.45) is 0. The lowest BCUT2D eigenvalue weighted by molar-refractivity contribution is 0.629. The van der Waals surface area contributed by atoms with Crippen LogP contribution in [0.1, 0.15) is 50.7 Å². The molecule has 6 aromatic carbocycles. The maximum absolute atomic E-state index is 15.7. The molecule has 254 valence electrons. The van der Waals surface area contributed by atoms with Crippen LogP contribution < -0.4 is 5.19 Å². The van der Waals surface area contributed by atoms with Gasteiger partial charge < -0.3 is 4.42 Å². The highest BCUT2D eigenvalue weighted by molar-refractivity contribution is 6.88. The molecule has 0 aliphatic rings. The lowest BCUT2D eigenvalue weighted by Crippen LogP contribution is -2.37. The Morgan fingerprint density at radius 2 is 1.29 bits per heavy atom. The van der Waals surface area contributed by atoms with Crippen molar-refractivity contribution in [1.29, 1.82) is 0 Å². The second-order valence-corrected chi connectivity index (χ2v) is 20.5. The van der Waals surface area contributed by atoms with E-state index in [0.717, 1.165) is 44.4 Å². The van der Waals surface area contributed by atoms with Gasteiger partial charge in [0.05, 0.1) is 30.4 Å². The maximum Gasteiger partial charge on any atom is 0.149 e. The SMILES string of the molecule is CC(C)c1cc(-c2ccc([Si](C)(C)C)cc2)cc(C(C)C)c1-n1c(-c2cccc3c2oc2cc(-c4ccccc4)c(F)cc23)nc2ccccc21. The number of imidazole rings is 1. The molecule has 0 radical (unpaired) electrons. The van der Waals surface area contributed by atoms with Crippen molar-refractivity contribution in [2.45, 2.75) is 59.2 Å². The van der Waals surface area contributed by atoms with Gasteiger partial charge in [0.15, 0.2) is 0 Å². The van der Waals surface area contributed by atoms with E-state index in [1.54, 1.807) is 6.07 Å². The number of furan rings is 1. The molecule has 0 N–H and O–H groups in total. The van der Waals surface area contributed by atoms with E-state index in [2.05, 4.69) is 113 Å². The normalized spacial score (nSPS) is 12.3. The number of hydrogen-bond acceptors (Lipinski definition) is 2. The van der Waals surface area contributed by atoms with E-state index in [9.17, 15) is 0 Å². The van der Waals surface area contributed by atoms with Gasteiger partial charge in [-0.2, -0.15) is 0 Å². The summed E-state index contributed by atoms with van der Waals surface area (Å²) >= 11 is 0. The number of aromatic nitrogens is 2. The standard InChI is InChI=1S/C46H43FN2OSi/c1-28(2)36-24-32(30-20-22-33(23-21-30)51(5,6)7)25-37(29(3)4)44(36)49-42-19-12-11-18-41(42)48-46(49)35-17-13-16-34-39-26-40(47)38(27-43(39)50-45(34)35)31-14-9-8-10-15-31/h8-29H,1-7H3. The molecule has 2 aromatic heterocycles. The molecule has 0 unspecified atom stereocenters. The lowest BCUT2D eigenvalue weighted by Gasteiger charge is -2.24. The van der Waals surface area contributed by atoms with Crippen molar-refractivity contribution in [3.8, 4) is 39.3 Å². The van der Waals surface area contributed by atoms with E-state index < -0.39 is 8.07 Å². The molecule has 0 saturated heterocycles. The van der Waals surface area contributed by atoms with E-state index in [0.29, 0.717) is 16.7 Å². The number of benzene rings is 6. The average Bonchev–Trinajstić information content (AvgIpc) is 3.69. The lowest BCUT2D eigenvalue weighted by atomic mass is 9.88. The van der Waals surface area contributed by atoms with Gasteiger partial charge in [-0.1, -0.05) is 131 Å². The molecule has 0 atom stereocenters. The molecule has 3 nitrogen and oxygen atoms in total. The van der Waals surface area contributed by atoms with Crippen LogP contribution >= 0.6 is 0 Å². The molecule has 2 heterocycles. The largest absolute Gasteiger partial charge is 0.455 e. The molecule has 0 bridgehead atoms. The minimum absolute atomic E-state index is 0.245. The minimum Gasteiger partial charge on any atom is -0.455 e. The Morgan fingerprint density at radius 1 is 0.627 bits per heavy atom. The zero-order valence-electron chi connectivity index (χ0n) is 30.4. The monoisotopic (exact) mass is 686 g/mol. The van der Waals surface area contributed by atoms with Crippen LogP contribution in [0.2, 0.25) is 19.6 Å². The number of para-hydroxylation sites is 3. The Balaban J connectivity index is 1.38. The van der Waals surface area contributed by atoms with Gasteiger partial charge in [0.1, 0.15) is 22.8 Å². The van der Waals surface area contributed by atoms with Crippen molar-refractivity contribution in [2.24, 2.45) is 0 Å². The van der Waals surface area contributed by atoms with Crippen LogP contribution in [-0.2, 0) is 0 Å². The molecule has 0 saturated carbocycles. The Kier molecular flexibility index (Phi) is 8.07. The fraction of sp³-hybridized carbons (Fsp3) is 0.196. The molecule has 51 heavy (non-hydrogen) atoms. The van der Waals surface area contributed by atoms with E-state index in [4.69, 9.17) is 9.40 Å². The number of fused-ring (bicyclic) bond motifs is 4. The van der Waals surface area contributed by atoms with Gasteiger partial charge in [-0.15, -0.1) is 0 Å². The number of rotatable bonds is 7. The Labute approximate surface area is 300 Å². The van der Waals surface area contributed by atoms with Gasteiger partial charge in [-0.25, -0.2) is 9.37 Å². The van der Waals surface area contributed by atoms with Gasteiger partial charge in [0.2, 0.25) is 0 Å². The number of halogens is 1. The van der Waals surface area contributed by atoms with Crippen LogP contribution in [0.4, 0.5) is 4.39 Å². The fourth-order valence-electron chi connectivity index (χ4n) is 7.41. The van der Waals surface area contributed by atoms with Crippen molar-refractivity contribution in [3.63, 3.8) is 0 Å². The van der Waals surface area contributed by atoms with Crippen LogP contribution in [0, 0.1) is 5.82 Å². The predicted octanol–water partition coefficient (Wildman–Crippen LogP) is 12.9. The van der Waals surface area contributed by atoms with Gasteiger partial charge in [-0.3, -0.25) is 4.57 Å². The molecular weight excluding hydrogens is 644 g/mol. The molecule has 0 aliphatic heterocycles. The zero-order valence-corrected chi connectivity index (χ0v) is 31.4. The van der Waals surface area contributed by atoms with Gasteiger partial charge in [-0.05, 0) is 82.1 Å². The highest BCUT2D eigenvalue weighted by Crippen LogP contribution is 2.43. The Morgan fingerprint density at radius 3 is 1.96 bits per heavy atom. The Hall–Kier alpha value is -5.26. The third kappa shape index (κ3) is 5.70. The Bertz CT molecular complexity index is 2540. The molecule has 8 rings (SSSR count). The summed E-state index contributed by atoms with van der Waals surface area (Å²) in [7, 11) is -1.41. The first-order valence-electron chi connectivity index (χ1n) is 18.0. The molecule has 0 amide bonds. The highest BCUT2D eigenvalue weighted by atomic mass is 28.3. The third-order valence-electron chi connectivity index (χ3n) is 10.2. The quantitative estimate of drug-likeness (QED) is 0.156. The first-order chi connectivity index (χ1) is 24.5. The average molecular weight is 687 g/mol. The molecule has 0 aliphatic carbocycles. The minimum atomic E-state index is -1.41. The smallest absolute Gasteiger partial charge is 0.149 e. The number of nitrogens with zero attached hydrogens (tertiary/aromatic N) is 2. The summed E-state index contributed by atoms with van der Waals surface area (Å²) < 4.78 is 24.7. The maximum atomic E-state index is 15.7. The highest BCUT2D eigenvalue weighted by Gasteiger charge is 2.26. The van der Waals surface area contributed by atoms with Crippen molar-refractivity contribution in [3.05, 3.63) is 138 Å². The third-order valence-corrected chi connectivity index (χ3v) is 12.3. The summed E-state index contributed by atoms with van der Waals surface area (Å²) in [5.41, 5.74) is 11.7. The van der Waals surface area contributed by atoms with E-state index in [1.807, 2.05) is 54.6 Å². The molecule has 8 aromatic rings. The molecule has 0 fully saturated rings. The van der Waals surface area contributed by atoms with E-state index in [1.165, 1.54) is 27.4 Å². The summed E-state index contributed by atoms with van der Waals surface area (Å²) in [5.74, 6) is 1.02. The predicted molar refractivity (Wildman–Crippen MR) is 216 cm³/mol. The van der Waals surface area contributed by atoms with Gasteiger partial charge >= 0.3 is 0 Å². The second kappa shape index (κ2) is 12.5. The van der Waals surface area contributed by atoms with Crippen molar-refractivity contribution >= 4 is 46.2 Å². The van der Waals surface area contributed by atoms with Crippen LogP contribution in [0.25, 0.3) is 72.3 Å². The first kappa shape index (κ1) is 32.9. The first-order valence-corrected chi connectivity index (χ1v) is 21.5. The summed E-state index contributed by atoms with van der Waals surface area (Å²) in [6.45, 7) is 16.3. The molecular formula is C46H43FN2OSi. The van der Waals surface area contributed by atoms with Crippen LogP contribution in [0.3, 0.4) is 0 Å². The van der Waals surface area contributed by atoms with E-state index in [-0.39, 0.29) is 17.7 Å². The van der Waals surface area contributed by atoms with Gasteiger partial charge in [0.25, 0.3) is 0 Å². The topological polar surface area (TPSA) is 31.0 Å². The van der Waals surface area contributed by atoms with Crippen LogP contribution in [0.5, 0.6) is 0 Å². The second-order valence-electron chi connectivity index (χ2n) is 15.4. The van der Waals surface area contributed by atoms with E-state index >= 15 is 4.39 Å². The zero-order chi connectivity index (χ0) is 35.6. The van der Waals surface area contributed by atoms with Crippen LogP contribution in [-0.4, -0.2) is 17.6 Å². The molecule has 5 heteroatoms.